The van der Waals surface area contributed by atoms with Gasteiger partial charge in [0.1, 0.15) is 11.3 Å². The summed E-state index contributed by atoms with van der Waals surface area (Å²) in [5.41, 5.74) is -0.272. The van der Waals surface area contributed by atoms with Crippen LogP contribution in [-0.2, 0) is 6.42 Å². The molecular weight excluding hydrogens is 328 g/mol. The molecule has 1 amide bonds. The molecule has 2 rings (SSSR count). The number of halogens is 1. The van der Waals surface area contributed by atoms with Crippen molar-refractivity contribution >= 4 is 34.5 Å². The van der Waals surface area contributed by atoms with E-state index in [1.165, 1.54) is 36.6 Å². The molecule has 8 heteroatoms. The highest BCUT2D eigenvalue weighted by molar-refractivity contribution is 7.16. The van der Waals surface area contributed by atoms with Crippen LogP contribution in [0.1, 0.15) is 15.2 Å². The van der Waals surface area contributed by atoms with Gasteiger partial charge in [-0.25, -0.2) is 0 Å². The molecule has 0 aliphatic heterocycles. The van der Waals surface area contributed by atoms with E-state index < -0.39 is 10.8 Å². The van der Waals surface area contributed by atoms with Gasteiger partial charge in [0.2, 0.25) is 0 Å². The lowest BCUT2D eigenvalue weighted by atomic mass is 10.1. The molecule has 1 aromatic heterocycles. The topological polar surface area (TPSA) is 81.5 Å². The number of ether oxygens (including phenoxy) is 1. The minimum Gasteiger partial charge on any atom is -0.497 e. The second-order valence-electron chi connectivity index (χ2n) is 4.35. The van der Waals surface area contributed by atoms with Crippen molar-refractivity contribution in [1.29, 1.82) is 0 Å². The van der Waals surface area contributed by atoms with Gasteiger partial charge in [0.25, 0.3) is 11.6 Å². The molecule has 0 radical (unpaired) electrons. The largest absolute Gasteiger partial charge is 0.497 e. The quantitative estimate of drug-likeness (QED) is 0.646. The van der Waals surface area contributed by atoms with Crippen LogP contribution >= 0.6 is 22.9 Å². The van der Waals surface area contributed by atoms with Gasteiger partial charge in [-0.05, 0) is 30.7 Å². The summed E-state index contributed by atoms with van der Waals surface area (Å²) in [5.74, 6) is -0.117. The average Bonchev–Trinajstić information content (AvgIpc) is 2.91. The minimum atomic E-state index is -0.590. The van der Waals surface area contributed by atoms with E-state index in [-0.39, 0.29) is 11.3 Å². The van der Waals surface area contributed by atoms with Crippen LogP contribution in [0.15, 0.2) is 30.3 Å². The molecule has 0 atom stereocenters. The summed E-state index contributed by atoms with van der Waals surface area (Å²) >= 11 is 7.26. The number of amides is 1. The second kappa shape index (κ2) is 7.24. The van der Waals surface area contributed by atoms with Crippen molar-refractivity contribution in [3.63, 3.8) is 0 Å². The predicted octanol–water partition coefficient (Wildman–Crippen LogP) is 3.29. The Hall–Kier alpha value is -2.12. The van der Waals surface area contributed by atoms with Crippen LogP contribution in [0.2, 0.25) is 4.34 Å². The lowest BCUT2D eigenvalue weighted by Gasteiger charge is -2.07. The summed E-state index contributed by atoms with van der Waals surface area (Å²) in [5, 5.41) is 13.7. The van der Waals surface area contributed by atoms with Gasteiger partial charge in [0.15, 0.2) is 0 Å². The second-order valence-corrected chi connectivity index (χ2v) is 6.15. The van der Waals surface area contributed by atoms with Crippen molar-refractivity contribution in [2.75, 3.05) is 13.7 Å². The number of nitro groups is 1. The third-order valence-electron chi connectivity index (χ3n) is 2.93. The van der Waals surface area contributed by atoms with E-state index in [0.29, 0.717) is 23.1 Å². The Kier molecular flexibility index (Phi) is 5.35. The highest BCUT2D eigenvalue weighted by atomic mass is 35.5. The molecule has 1 N–H and O–H groups in total. The number of benzene rings is 1. The molecule has 1 heterocycles. The first-order valence-electron chi connectivity index (χ1n) is 6.36. The summed E-state index contributed by atoms with van der Waals surface area (Å²) in [7, 11) is 1.43. The van der Waals surface area contributed by atoms with E-state index >= 15 is 0 Å². The summed E-state index contributed by atoms with van der Waals surface area (Å²) < 4.78 is 5.69. The number of nitrogens with zero attached hydrogens (tertiary/aromatic N) is 1. The molecule has 0 spiro atoms. The van der Waals surface area contributed by atoms with Crippen LogP contribution in [0.3, 0.4) is 0 Å². The maximum Gasteiger partial charge on any atom is 0.282 e. The minimum absolute atomic E-state index is 0.0199. The molecule has 22 heavy (non-hydrogen) atoms. The predicted molar refractivity (Wildman–Crippen MR) is 85.0 cm³/mol. The number of nitrogens with one attached hydrogen (secondary N) is 1. The molecule has 0 bridgehead atoms. The van der Waals surface area contributed by atoms with Gasteiger partial charge in [-0.2, -0.15) is 0 Å². The highest BCUT2D eigenvalue weighted by Crippen LogP contribution is 2.24. The van der Waals surface area contributed by atoms with Gasteiger partial charge >= 0.3 is 0 Å². The number of nitro benzene ring substituents is 1. The maximum atomic E-state index is 12.1. The molecule has 0 aliphatic carbocycles. The van der Waals surface area contributed by atoms with Crippen molar-refractivity contribution < 1.29 is 14.5 Å². The van der Waals surface area contributed by atoms with Crippen LogP contribution in [0.25, 0.3) is 0 Å². The Labute approximate surface area is 135 Å². The molecule has 116 valence electrons. The van der Waals surface area contributed by atoms with Gasteiger partial charge in [0.05, 0.1) is 16.4 Å². The summed E-state index contributed by atoms with van der Waals surface area (Å²) in [6.07, 6.45) is 0.612. The number of rotatable bonds is 6. The number of thiophene rings is 1. The zero-order valence-corrected chi connectivity index (χ0v) is 13.2. The SMILES string of the molecule is COc1ccc([N+](=O)[O-])c(C(=O)NCCc2ccc(Cl)s2)c1. The van der Waals surface area contributed by atoms with Gasteiger partial charge < -0.3 is 10.1 Å². The van der Waals surface area contributed by atoms with E-state index in [1.54, 1.807) is 6.07 Å². The molecule has 0 fully saturated rings. The lowest BCUT2D eigenvalue weighted by molar-refractivity contribution is -0.385. The normalized spacial score (nSPS) is 10.3. The zero-order valence-electron chi connectivity index (χ0n) is 11.7. The molecule has 0 saturated heterocycles. The van der Waals surface area contributed by atoms with E-state index in [9.17, 15) is 14.9 Å². The number of hydrogen-bond donors (Lipinski definition) is 1. The Balaban J connectivity index is 2.06. The molecule has 1 aromatic carbocycles. The van der Waals surface area contributed by atoms with Crippen LogP contribution in [0.5, 0.6) is 5.75 Å². The van der Waals surface area contributed by atoms with Gasteiger partial charge in [-0.1, -0.05) is 11.6 Å². The summed E-state index contributed by atoms with van der Waals surface area (Å²) in [6.45, 7) is 0.365. The first-order valence-corrected chi connectivity index (χ1v) is 7.55. The fraction of sp³-hybridized carbons (Fsp3) is 0.214. The van der Waals surface area contributed by atoms with Crippen LogP contribution in [0.4, 0.5) is 5.69 Å². The fourth-order valence-corrected chi connectivity index (χ4v) is 2.95. The van der Waals surface area contributed by atoms with Crippen molar-refractivity contribution in [1.82, 2.24) is 5.32 Å². The highest BCUT2D eigenvalue weighted by Gasteiger charge is 2.20. The first-order chi connectivity index (χ1) is 10.5. The lowest BCUT2D eigenvalue weighted by Crippen LogP contribution is -2.26. The van der Waals surface area contributed by atoms with E-state index in [0.717, 1.165) is 4.88 Å². The van der Waals surface area contributed by atoms with Crippen molar-refractivity contribution in [2.24, 2.45) is 0 Å². The van der Waals surface area contributed by atoms with Crippen LogP contribution in [0, 0.1) is 10.1 Å². The van der Waals surface area contributed by atoms with Gasteiger partial charge in [0, 0.05) is 17.5 Å². The van der Waals surface area contributed by atoms with Gasteiger partial charge in [-0.15, -0.1) is 11.3 Å². The molecule has 0 saturated carbocycles. The number of carbonyl (C=O) groups is 1. The molecule has 6 nitrogen and oxygen atoms in total. The van der Waals surface area contributed by atoms with Crippen LogP contribution < -0.4 is 10.1 Å². The fourth-order valence-electron chi connectivity index (χ4n) is 1.86. The Morgan fingerprint density at radius 3 is 2.77 bits per heavy atom. The standard InChI is InChI=1S/C14H13ClN2O4S/c1-21-9-2-4-12(17(19)20)11(8-9)14(18)16-7-6-10-3-5-13(15)22-10/h2-5,8H,6-7H2,1H3,(H,16,18). The number of carbonyl (C=O) groups excluding carboxylic acids is 1. The smallest absolute Gasteiger partial charge is 0.282 e. The third kappa shape index (κ3) is 3.96. The number of hydrogen-bond acceptors (Lipinski definition) is 5. The Bertz CT molecular complexity index is 702. The Morgan fingerprint density at radius 2 is 2.18 bits per heavy atom. The van der Waals surface area contributed by atoms with E-state index in [4.69, 9.17) is 16.3 Å². The van der Waals surface area contributed by atoms with E-state index in [1.807, 2.05) is 6.07 Å². The first kappa shape index (κ1) is 16.3. The molecule has 0 aliphatic rings. The number of methoxy groups -OCH3 is 1. The van der Waals surface area contributed by atoms with Crippen molar-refractivity contribution in [3.8, 4) is 5.75 Å². The van der Waals surface area contributed by atoms with Crippen molar-refractivity contribution in [3.05, 3.63) is 55.2 Å². The third-order valence-corrected chi connectivity index (χ3v) is 4.22. The summed E-state index contributed by atoms with van der Waals surface area (Å²) in [6, 6.07) is 7.73. The molecular formula is C14H13ClN2O4S. The molecule has 2 aromatic rings. The van der Waals surface area contributed by atoms with Crippen LogP contribution in [-0.4, -0.2) is 24.5 Å². The van der Waals surface area contributed by atoms with Crippen molar-refractivity contribution in [2.45, 2.75) is 6.42 Å². The Morgan fingerprint density at radius 1 is 1.41 bits per heavy atom. The average molecular weight is 341 g/mol. The monoisotopic (exact) mass is 340 g/mol. The summed E-state index contributed by atoms with van der Waals surface area (Å²) in [4.78, 5) is 23.6. The zero-order chi connectivity index (χ0) is 16.1. The van der Waals surface area contributed by atoms with E-state index in [2.05, 4.69) is 5.32 Å². The van der Waals surface area contributed by atoms with Gasteiger partial charge in [-0.3, -0.25) is 14.9 Å². The molecule has 0 unspecified atom stereocenters. The maximum absolute atomic E-state index is 12.1.